The topological polar surface area (TPSA) is 69.5 Å². The van der Waals surface area contributed by atoms with Crippen molar-refractivity contribution in [2.24, 2.45) is 10.3 Å². The van der Waals surface area contributed by atoms with Crippen molar-refractivity contribution in [1.82, 2.24) is 0 Å². The molecule has 2 rings (SSSR count). The molecule has 0 radical (unpaired) electrons. The van der Waals surface area contributed by atoms with Gasteiger partial charge in [-0.2, -0.15) is 0 Å². The van der Waals surface area contributed by atoms with Gasteiger partial charge in [-0.15, -0.1) is 0 Å². The highest BCUT2D eigenvalue weighted by Crippen LogP contribution is 2.19. The average Bonchev–Trinajstić information content (AvgIpc) is 2.66. The van der Waals surface area contributed by atoms with Crippen molar-refractivity contribution in [3.8, 4) is 0 Å². The van der Waals surface area contributed by atoms with Gasteiger partial charge in [-0.3, -0.25) is 0 Å². The summed E-state index contributed by atoms with van der Waals surface area (Å²) in [6, 6.07) is 8.77. The molecule has 28 heavy (non-hydrogen) atoms. The minimum absolute atomic E-state index is 0.0341. The summed E-state index contributed by atoms with van der Waals surface area (Å²) < 4.78 is 32.4. The number of hydrogen-bond acceptors (Lipinski definition) is 6. The first-order valence-electron chi connectivity index (χ1n) is 8.30. The first-order chi connectivity index (χ1) is 13.4. The number of aryl methyl sites for hydroxylation is 1. The van der Waals surface area contributed by atoms with Gasteiger partial charge in [0.15, 0.2) is 5.71 Å². The first-order valence-corrected chi connectivity index (χ1v) is 8.30. The summed E-state index contributed by atoms with van der Waals surface area (Å²) in [6.45, 7) is 3.19. The van der Waals surface area contributed by atoms with Crippen molar-refractivity contribution in [2.45, 2.75) is 20.5 Å². The van der Waals surface area contributed by atoms with Crippen LogP contribution in [0.1, 0.15) is 29.2 Å². The van der Waals surface area contributed by atoms with Crippen LogP contribution in [0.5, 0.6) is 0 Å². The van der Waals surface area contributed by atoms with E-state index in [1.807, 2.05) is 13.0 Å². The van der Waals surface area contributed by atoms with Gasteiger partial charge in [0, 0.05) is 11.1 Å². The number of nitrogens with zero attached hydrogens (tertiary/aromatic N) is 2. The fraction of sp³-hybridized carbons (Fsp3) is 0.250. The number of oxime groups is 2. The number of methoxy groups -OCH3 is 1. The van der Waals surface area contributed by atoms with Gasteiger partial charge < -0.3 is 14.4 Å². The van der Waals surface area contributed by atoms with Crippen molar-refractivity contribution >= 4 is 17.4 Å². The Balaban J connectivity index is 2.32. The van der Waals surface area contributed by atoms with E-state index in [0.717, 1.165) is 17.7 Å². The van der Waals surface area contributed by atoms with Crippen LogP contribution < -0.4 is 0 Å². The Bertz CT molecular complexity index is 906. The molecule has 0 amide bonds. The summed E-state index contributed by atoms with van der Waals surface area (Å²) in [5.41, 5.74) is 1.60. The third-order valence-electron chi connectivity index (χ3n) is 3.96. The van der Waals surface area contributed by atoms with Crippen LogP contribution >= 0.6 is 0 Å². The molecule has 0 aliphatic rings. The molecule has 2 aromatic carbocycles. The fourth-order valence-electron chi connectivity index (χ4n) is 2.58. The molecular weight excluding hydrogens is 370 g/mol. The van der Waals surface area contributed by atoms with E-state index in [2.05, 4.69) is 10.3 Å². The van der Waals surface area contributed by atoms with E-state index < -0.39 is 17.6 Å². The Morgan fingerprint density at radius 2 is 1.68 bits per heavy atom. The van der Waals surface area contributed by atoms with Crippen molar-refractivity contribution < 1.29 is 28.0 Å². The zero-order valence-corrected chi connectivity index (χ0v) is 16.0. The lowest BCUT2D eigenvalue weighted by atomic mass is 9.99. The van der Waals surface area contributed by atoms with E-state index in [4.69, 9.17) is 14.4 Å². The van der Waals surface area contributed by atoms with Crippen LogP contribution in [0.25, 0.3) is 0 Å². The second-order valence-corrected chi connectivity index (χ2v) is 5.76. The van der Waals surface area contributed by atoms with Crippen LogP contribution in [0.4, 0.5) is 8.78 Å². The normalized spacial score (nSPS) is 11.9. The molecule has 0 unspecified atom stereocenters. The number of rotatable bonds is 7. The molecule has 0 saturated heterocycles. The summed E-state index contributed by atoms with van der Waals surface area (Å²) in [5, 5.41) is 7.55. The molecule has 0 saturated carbocycles. The van der Waals surface area contributed by atoms with Crippen LogP contribution in [-0.4, -0.2) is 31.6 Å². The first kappa shape index (κ1) is 21.0. The van der Waals surface area contributed by atoms with E-state index >= 15 is 0 Å². The minimum atomic E-state index is -0.735. The largest absolute Gasteiger partial charge is 0.464 e. The van der Waals surface area contributed by atoms with Gasteiger partial charge in [-0.05, 0) is 31.5 Å². The summed E-state index contributed by atoms with van der Waals surface area (Å²) in [4.78, 5) is 22.1. The quantitative estimate of drug-likeness (QED) is 0.410. The predicted molar refractivity (Wildman–Crippen MR) is 100 cm³/mol. The maximum atomic E-state index is 13.8. The van der Waals surface area contributed by atoms with Crippen molar-refractivity contribution in [1.29, 1.82) is 0 Å². The molecule has 0 aliphatic carbocycles. The van der Waals surface area contributed by atoms with Gasteiger partial charge in [0.2, 0.25) is 0 Å². The minimum Gasteiger partial charge on any atom is -0.464 e. The van der Waals surface area contributed by atoms with Crippen molar-refractivity contribution in [3.05, 3.63) is 70.3 Å². The lowest BCUT2D eigenvalue weighted by Crippen LogP contribution is -2.20. The maximum Gasteiger partial charge on any atom is 0.360 e. The molecule has 8 heteroatoms. The molecular formula is C20H20F2N2O4. The van der Waals surface area contributed by atoms with Gasteiger partial charge in [0.05, 0.1) is 18.4 Å². The summed E-state index contributed by atoms with van der Waals surface area (Å²) in [7, 11) is 2.54. The molecule has 0 spiro atoms. The zero-order valence-electron chi connectivity index (χ0n) is 16.0. The number of hydrogen-bond donors (Lipinski definition) is 0. The molecule has 0 N–H and O–H groups in total. The molecule has 0 bridgehead atoms. The van der Waals surface area contributed by atoms with E-state index in [0.29, 0.717) is 11.1 Å². The van der Waals surface area contributed by atoms with E-state index in [-0.39, 0.29) is 23.6 Å². The second-order valence-electron chi connectivity index (χ2n) is 5.76. The fourth-order valence-corrected chi connectivity index (χ4v) is 2.58. The molecule has 0 aliphatic heterocycles. The lowest BCUT2D eigenvalue weighted by molar-refractivity contribution is -0.132. The van der Waals surface area contributed by atoms with E-state index in [9.17, 15) is 13.6 Å². The number of ether oxygens (including phenoxy) is 1. The molecule has 0 atom stereocenters. The molecule has 6 nitrogen and oxygen atoms in total. The standard InChI is InChI=1S/C20H20F2N2O4/c1-12-7-5-8-14(19(24-27-4)20(25)26-3)15(12)11-28-23-13(2)18-16(21)9-6-10-17(18)22/h5-10H,11H2,1-4H3/b23-13+,24-19+. The van der Waals surface area contributed by atoms with Crippen LogP contribution in [0, 0.1) is 18.6 Å². The van der Waals surface area contributed by atoms with Gasteiger partial charge >= 0.3 is 5.97 Å². The predicted octanol–water partition coefficient (Wildman–Crippen LogP) is 3.74. The highest BCUT2D eigenvalue weighted by atomic mass is 19.1. The molecule has 0 fully saturated rings. The summed E-state index contributed by atoms with van der Waals surface area (Å²) >= 11 is 0. The van der Waals surface area contributed by atoms with E-state index in [1.54, 1.807) is 12.1 Å². The van der Waals surface area contributed by atoms with Crippen molar-refractivity contribution in [3.63, 3.8) is 0 Å². The van der Waals surface area contributed by atoms with Crippen LogP contribution in [0.2, 0.25) is 0 Å². The highest BCUT2D eigenvalue weighted by molar-refractivity contribution is 6.43. The van der Waals surface area contributed by atoms with Crippen LogP contribution in [0.15, 0.2) is 46.7 Å². The average molecular weight is 390 g/mol. The smallest absolute Gasteiger partial charge is 0.360 e. The summed E-state index contributed by atoms with van der Waals surface area (Å²) in [5.74, 6) is -2.15. The third-order valence-corrected chi connectivity index (χ3v) is 3.96. The second kappa shape index (κ2) is 9.59. The Labute approximate surface area is 161 Å². The number of halogens is 2. The number of esters is 1. The number of benzene rings is 2. The van der Waals surface area contributed by atoms with Gasteiger partial charge in [-0.1, -0.05) is 34.6 Å². The van der Waals surface area contributed by atoms with E-state index in [1.165, 1.54) is 27.2 Å². The summed E-state index contributed by atoms with van der Waals surface area (Å²) in [6.07, 6.45) is 0. The monoisotopic (exact) mass is 390 g/mol. The SMILES string of the molecule is CO/N=C(/C(=O)OC)c1cccc(C)c1CO/N=C(\C)c1c(F)cccc1F. The maximum absolute atomic E-state index is 13.8. The van der Waals surface area contributed by atoms with Crippen molar-refractivity contribution in [2.75, 3.05) is 14.2 Å². The molecule has 148 valence electrons. The van der Waals surface area contributed by atoms with Gasteiger partial charge in [-0.25, -0.2) is 13.6 Å². The Morgan fingerprint density at radius 1 is 1.04 bits per heavy atom. The molecule has 0 aromatic heterocycles. The Hall–Kier alpha value is -3.29. The molecule has 0 heterocycles. The van der Waals surface area contributed by atoms with Crippen LogP contribution in [0.3, 0.4) is 0 Å². The molecule has 2 aromatic rings. The number of carbonyl (C=O) groups excluding carboxylic acids is 1. The van der Waals surface area contributed by atoms with Crippen LogP contribution in [-0.2, 0) is 25.8 Å². The van der Waals surface area contributed by atoms with Gasteiger partial charge in [0.1, 0.15) is 25.4 Å². The Kier molecular flexibility index (Phi) is 7.20. The number of carbonyl (C=O) groups is 1. The Morgan fingerprint density at radius 3 is 2.29 bits per heavy atom. The zero-order chi connectivity index (χ0) is 20.7. The highest BCUT2D eigenvalue weighted by Gasteiger charge is 2.21. The van der Waals surface area contributed by atoms with Gasteiger partial charge in [0.25, 0.3) is 0 Å². The third kappa shape index (κ3) is 4.70. The lowest BCUT2D eigenvalue weighted by Gasteiger charge is -2.12.